The maximum atomic E-state index is 12.3. The zero-order chi connectivity index (χ0) is 17.5. The summed E-state index contributed by atoms with van der Waals surface area (Å²) in [5, 5.41) is 7.90. The van der Waals surface area contributed by atoms with Gasteiger partial charge < -0.3 is 10.1 Å². The van der Waals surface area contributed by atoms with Crippen LogP contribution in [0.1, 0.15) is 36.2 Å². The Morgan fingerprint density at radius 3 is 2.58 bits per heavy atom. The van der Waals surface area contributed by atoms with E-state index < -0.39 is 0 Å². The van der Waals surface area contributed by atoms with Crippen LogP contribution < -0.4 is 10.9 Å². The van der Waals surface area contributed by atoms with Gasteiger partial charge in [0, 0.05) is 25.4 Å². The standard InChI is InChI=1S/C17H21N3O4/c1-20-17(23)13-9-6-5-8-12(13)15(19-20)16(22)18-11-7-3-4-10-14(21)24-2/h5-6,8-9H,3-4,7,10-11H2,1-2H3,(H,18,22). The molecule has 1 heterocycles. The number of rotatable bonds is 7. The molecule has 0 radical (unpaired) electrons. The van der Waals surface area contributed by atoms with Crippen LogP contribution in [0.4, 0.5) is 0 Å². The second-order valence-corrected chi connectivity index (χ2v) is 5.47. The Balaban J connectivity index is 1.96. The predicted molar refractivity (Wildman–Crippen MR) is 89.8 cm³/mol. The molecule has 0 unspecified atom stereocenters. The van der Waals surface area contributed by atoms with Gasteiger partial charge in [-0.2, -0.15) is 5.10 Å². The number of unbranched alkanes of at least 4 members (excludes halogenated alkanes) is 2. The molecule has 1 aromatic carbocycles. The van der Waals surface area contributed by atoms with Crippen molar-refractivity contribution < 1.29 is 14.3 Å². The summed E-state index contributed by atoms with van der Waals surface area (Å²) in [5.41, 5.74) is 0.00669. The smallest absolute Gasteiger partial charge is 0.305 e. The molecule has 0 saturated heterocycles. The lowest BCUT2D eigenvalue weighted by Crippen LogP contribution is -2.30. The van der Waals surface area contributed by atoms with E-state index in [4.69, 9.17) is 0 Å². The molecule has 1 aromatic heterocycles. The van der Waals surface area contributed by atoms with E-state index in [-0.39, 0.29) is 23.1 Å². The van der Waals surface area contributed by atoms with Crippen molar-refractivity contribution in [2.75, 3.05) is 13.7 Å². The van der Waals surface area contributed by atoms with Gasteiger partial charge in [-0.3, -0.25) is 14.4 Å². The molecule has 0 spiro atoms. The van der Waals surface area contributed by atoms with Crippen molar-refractivity contribution in [3.63, 3.8) is 0 Å². The maximum absolute atomic E-state index is 12.3. The quantitative estimate of drug-likeness (QED) is 0.612. The van der Waals surface area contributed by atoms with E-state index >= 15 is 0 Å². The summed E-state index contributed by atoms with van der Waals surface area (Å²) in [4.78, 5) is 35.4. The van der Waals surface area contributed by atoms with Crippen LogP contribution in [-0.2, 0) is 16.6 Å². The van der Waals surface area contributed by atoms with Gasteiger partial charge in [-0.05, 0) is 18.9 Å². The number of nitrogens with zero attached hydrogens (tertiary/aromatic N) is 2. The third-order valence-corrected chi connectivity index (χ3v) is 3.74. The average molecular weight is 331 g/mol. The van der Waals surface area contributed by atoms with Crippen LogP contribution >= 0.6 is 0 Å². The van der Waals surface area contributed by atoms with Crippen LogP contribution in [0.5, 0.6) is 0 Å². The Labute approximate surface area is 139 Å². The normalized spacial score (nSPS) is 10.6. The number of methoxy groups -OCH3 is 1. The lowest BCUT2D eigenvalue weighted by molar-refractivity contribution is -0.140. The second kappa shape index (κ2) is 8.24. The third-order valence-electron chi connectivity index (χ3n) is 3.74. The number of ether oxygens (including phenoxy) is 1. The molecule has 24 heavy (non-hydrogen) atoms. The first-order valence-electron chi connectivity index (χ1n) is 7.85. The summed E-state index contributed by atoms with van der Waals surface area (Å²) in [6, 6.07) is 6.93. The van der Waals surface area contributed by atoms with Gasteiger partial charge in [-0.15, -0.1) is 0 Å². The van der Waals surface area contributed by atoms with Crippen molar-refractivity contribution in [2.24, 2.45) is 7.05 Å². The van der Waals surface area contributed by atoms with Crippen LogP contribution in [0.2, 0.25) is 0 Å². The maximum Gasteiger partial charge on any atom is 0.305 e. The summed E-state index contributed by atoms with van der Waals surface area (Å²) in [5.74, 6) is -0.533. The zero-order valence-electron chi connectivity index (χ0n) is 13.9. The van der Waals surface area contributed by atoms with Crippen molar-refractivity contribution in [1.82, 2.24) is 15.1 Å². The van der Waals surface area contributed by atoms with Gasteiger partial charge in [-0.1, -0.05) is 24.6 Å². The van der Waals surface area contributed by atoms with E-state index in [0.717, 1.165) is 19.3 Å². The number of hydrogen-bond acceptors (Lipinski definition) is 5. The molecule has 1 amide bonds. The Hall–Kier alpha value is -2.70. The zero-order valence-corrected chi connectivity index (χ0v) is 13.9. The number of carbonyl (C=O) groups is 2. The van der Waals surface area contributed by atoms with E-state index in [1.165, 1.54) is 18.8 Å². The lowest BCUT2D eigenvalue weighted by atomic mass is 10.1. The Morgan fingerprint density at radius 2 is 1.88 bits per heavy atom. The molecule has 0 aliphatic carbocycles. The molecule has 2 aromatic rings. The number of aryl methyl sites for hydroxylation is 1. The minimum Gasteiger partial charge on any atom is -0.469 e. The van der Waals surface area contributed by atoms with Crippen molar-refractivity contribution in [2.45, 2.75) is 25.7 Å². The monoisotopic (exact) mass is 331 g/mol. The second-order valence-electron chi connectivity index (χ2n) is 5.47. The number of nitrogens with one attached hydrogen (secondary N) is 1. The van der Waals surface area contributed by atoms with Crippen LogP contribution in [0.25, 0.3) is 10.8 Å². The SMILES string of the molecule is COC(=O)CCCCCNC(=O)c1nn(C)c(=O)c2ccccc12. The Morgan fingerprint density at radius 1 is 1.17 bits per heavy atom. The van der Waals surface area contributed by atoms with Crippen LogP contribution in [0.15, 0.2) is 29.1 Å². The van der Waals surface area contributed by atoms with Gasteiger partial charge in [0.1, 0.15) is 0 Å². The van der Waals surface area contributed by atoms with Crippen molar-refractivity contribution >= 4 is 22.6 Å². The highest BCUT2D eigenvalue weighted by atomic mass is 16.5. The topological polar surface area (TPSA) is 90.3 Å². The van der Waals surface area contributed by atoms with Crippen LogP contribution in [0, 0.1) is 0 Å². The molecule has 7 nitrogen and oxygen atoms in total. The summed E-state index contributed by atoms with van der Waals surface area (Å²) in [7, 11) is 2.89. The highest BCUT2D eigenvalue weighted by Gasteiger charge is 2.14. The average Bonchev–Trinajstić information content (AvgIpc) is 2.60. The summed E-state index contributed by atoms with van der Waals surface area (Å²) in [6.45, 7) is 0.485. The van der Waals surface area contributed by atoms with Gasteiger partial charge in [0.2, 0.25) is 0 Å². The Kier molecular flexibility index (Phi) is 6.06. The lowest BCUT2D eigenvalue weighted by Gasteiger charge is -2.08. The molecule has 2 rings (SSSR count). The summed E-state index contributed by atoms with van der Waals surface area (Å²) < 4.78 is 5.74. The molecule has 0 atom stereocenters. The number of aromatic nitrogens is 2. The molecular weight excluding hydrogens is 310 g/mol. The predicted octanol–water partition coefficient (Wildman–Crippen LogP) is 1.40. The third kappa shape index (κ3) is 4.18. The van der Waals surface area contributed by atoms with Crippen molar-refractivity contribution in [3.05, 3.63) is 40.3 Å². The molecule has 1 N–H and O–H groups in total. The van der Waals surface area contributed by atoms with Crippen LogP contribution in [0.3, 0.4) is 0 Å². The van der Waals surface area contributed by atoms with E-state index in [9.17, 15) is 14.4 Å². The molecule has 0 saturated carbocycles. The van der Waals surface area contributed by atoms with Gasteiger partial charge in [0.25, 0.3) is 11.5 Å². The molecule has 0 bridgehead atoms. The number of amides is 1. The van der Waals surface area contributed by atoms with Gasteiger partial charge >= 0.3 is 5.97 Å². The fraction of sp³-hybridized carbons (Fsp3) is 0.412. The van der Waals surface area contributed by atoms with Crippen molar-refractivity contribution in [1.29, 1.82) is 0 Å². The highest BCUT2D eigenvalue weighted by Crippen LogP contribution is 2.12. The number of esters is 1. The minimum atomic E-state index is -0.310. The van der Waals surface area contributed by atoms with E-state index in [0.29, 0.717) is 23.7 Å². The van der Waals surface area contributed by atoms with E-state index in [2.05, 4.69) is 15.2 Å². The van der Waals surface area contributed by atoms with Crippen molar-refractivity contribution in [3.8, 4) is 0 Å². The fourth-order valence-corrected chi connectivity index (χ4v) is 2.43. The first-order valence-corrected chi connectivity index (χ1v) is 7.85. The number of carbonyl (C=O) groups excluding carboxylic acids is 2. The molecule has 7 heteroatoms. The molecule has 0 aliphatic heterocycles. The molecular formula is C17H21N3O4. The first kappa shape index (κ1) is 17.7. The summed E-state index contributed by atoms with van der Waals surface area (Å²) in [6.07, 6.45) is 2.68. The number of fused-ring (bicyclic) bond motifs is 1. The number of hydrogen-bond donors (Lipinski definition) is 1. The minimum absolute atomic E-state index is 0.222. The molecule has 128 valence electrons. The molecule has 0 fully saturated rings. The molecule has 0 aliphatic rings. The fourth-order valence-electron chi connectivity index (χ4n) is 2.43. The largest absolute Gasteiger partial charge is 0.469 e. The van der Waals surface area contributed by atoms with E-state index in [1.807, 2.05) is 0 Å². The van der Waals surface area contributed by atoms with Gasteiger partial charge in [0.05, 0.1) is 12.5 Å². The van der Waals surface area contributed by atoms with Crippen LogP contribution in [-0.4, -0.2) is 35.3 Å². The van der Waals surface area contributed by atoms with E-state index in [1.54, 1.807) is 24.3 Å². The Bertz CT molecular complexity index is 798. The highest BCUT2D eigenvalue weighted by molar-refractivity contribution is 6.04. The summed E-state index contributed by atoms with van der Waals surface area (Å²) >= 11 is 0. The number of benzene rings is 1. The van der Waals surface area contributed by atoms with Gasteiger partial charge in [-0.25, -0.2) is 4.68 Å². The first-order chi connectivity index (χ1) is 11.5. The van der Waals surface area contributed by atoms with Gasteiger partial charge in [0.15, 0.2) is 5.69 Å².